The number of nitrogens with two attached hydrogens (primary N) is 1. The average Bonchev–Trinajstić information content (AvgIpc) is 2.26. The monoisotopic (exact) mass is 224 g/mol. The lowest BCUT2D eigenvalue weighted by Gasteiger charge is -2.39. The first-order valence-electron chi connectivity index (χ1n) is 5.27. The summed E-state index contributed by atoms with van der Waals surface area (Å²) in [5.41, 5.74) is 4.91. The van der Waals surface area contributed by atoms with Gasteiger partial charge in [-0.25, -0.2) is 0 Å². The highest BCUT2D eigenvalue weighted by Gasteiger charge is 2.40. The molecule has 0 bridgehead atoms. The maximum Gasteiger partial charge on any atom is 0.137 e. The van der Waals surface area contributed by atoms with Crippen LogP contribution < -0.4 is 10.5 Å². The van der Waals surface area contributed by atoms with Crippen LogP contribution in [0, 0.1) is 5.41 Å². The van der Waals surface area contributed by atoms with E-state index >= 15 is 0 Å². The van der Waals surface area contributed by atoms with E-state index in [0.29, 0.717) is 11.3 Å². The Hall–Kier alpha value is -1.13. The Balaban J connectivity index is 3.23. The molecule has 1 aromatic heterocycles. The van der Waals surface area contributed by atoms with Gasteiger partial charge in [-0.1, -0.05) is 20.8 Å². The number of aliphatic hydroxyl groups is 1. The van der Waals surface area contributed by atoms with Crippen molar-refractivity contribution in [2.24, 2.45) is 11.1 Å². The Morgan fingerprint density at radius 1 is 1.38 bits per heavy atom. The van der Waals surface area contributed by atoms with Gasteiger partial charge in [-0.3, -0.25) is 4.98 Å². The number of aromatic nitrogens is 1. The Kier molecular flexibility index (Phi) is 3.55. The minimum Gasteiger partial charge on any atom is -0.495 e. The van der Waals surface area contributed by atoms with Crippen LogP contribution in [0.5, 0.6) is 5.75 Å². The minimum absolute atomic E-state index is 0.144. The second-order valence-electron chi connectivity index (χ2n) is 4.93. The van der Waals surface area contributed by atoms with E-state index in [0.717, 1.165) is 0 Å². The van der Waals surface area contributed by atoms with Gasteiger partial charge in [0.1, 0.15) is 11.4 Å². The van der Waals surface area contributed by atoms with Crippen molar-refractivity contribution >= 4 is 0 Å². The standard InChI is InChI=1S/C12H20N2O2/c1-11(2,3)12(15,8-13)9-5-10(16-4)7-14-6-9/h5-7,15H,8,13H2,1-4H3. The van der Waals surface area contributed by atoms with Crippen LogP contribution in [0.15, 0.2) is 18.5 Å². The van der Waals surface area contributed by atoms with E-state index < -0.39 is 5.60 Å². The summed E-state index contributed by atoms with van der Waals surface area (Å²) in [4.78, 5) is 4.04. The Morgan fingerprint density at radius 3 is 2.44 bits per heavy atom. The number of hydrogen-bond acceptors (Lipinski definition) is 4. The van der Waals surface area contributed by atoms with E-state index in [1.807, 2.05) is 20.8 Å². The fraction of sp³-hybridized carbons (Fsp3) is 0.583. The number of methoxy groups -OCH3 is 1. The molecule has 1 atom stereocenters. The summed E-state index contributed by atoms with van der Waals surface area (Å²) in [5, 5.41) is 10.6. The fourth-order valence-electron chi connectivity index (χ4n) is 1.61. The lowest BCUT2D eigenvalue weighted by Crippen LogP contribution is -2.46. The second kappa shape index (κ2) is 4.39. The molecule has 1 heterocycles. The first-order chi connectivity index (χ1) is 7.35. The summed E-state index contributed by atoms with van der Waals surface area (Å²) in [6, 6.07) is 1.77. The molecule has 4 nitrogen and oxygen atoms in total. The first kappa shape index (κ1) is 12.9. The van der Waals surface area contributed by atoms with Crippen LogP contribution in [0.3, 0.4) is 0 Å². The van der Waals surface area contributed by atoms with E-state index in [2.05, 4.69) is 4.98 Å². The highest BCUT2D eigenvalue weighted by molar-refractivity contribution is 5.29. The molecule has 0 aromatic carbocycles. The topological polar surface area (TPSA) is 68.4 Å². The van der Waals surface area contributed by atoms with Crippen molar-refractivity contribution in [1.29, 1.82) is 0 Å². The third-order valence-corrected chi connectivity index (χ3v) is 2.96. The SMILES string of the molecule is COc1cncc(C(O)(CN)C(C)(C)C)c1. The van der Waals surface area contributed by atoms with Gasteiger partial charge in [0.05, 0.1) is 13.3 Å². The number of ether oxygens (including phenoxy) is 1. The van der Waals surface area contributed by atoms with Crippen LogP contribution >= 0.6 is 0 Å². The summed E-state index contributed by atoms with van der Waals surface area (Å²) in [7, 11) is 1.57. The quantitative estimate of drug-likeness (QED) is 0.811. The normalized spacial score (nSPS) is 15.6. The molecular weight excluding hydrogens is 204 g/mol. The van der Waals surface area contributed by atoms with Gasteiger partial charge < -0.3 is 15.6 Å². The Labute approximate surface area is 96.5 Å². The molecule has 0 aliphatic heterocycles. The molecule has 1 aromatic rings. The van der Waals surface area contributed by atoms with Gasteiger partial charge >= 0.3 is 0 Å². The van der Waals surface area contributed by atoms with Crippen LogP contribution in [0.25, 0.3) is 0 Å². The number of pyridine rings is 1. The van der Waals surface area contributed by atoms with Crippen molar-refractivity contribution in [2.75, 3.05) is 13.7 Å². The van der Waals surface area contributed by atoms with E-state index in [-0.39, 0.29) is 12.0 Å². The van der Waals surface area contributed by atoms with Crippen molar-refractivity contribution in [3.8, 4) is 5.75 Å². The minimum atomic E-state index is -1.10. The van der Waals surface area contributed by atoms with Crippen LogP contribution in [0.2, 0.25) is 0 Å². The molecule has 0 aliphatic carbocycles. The Bertz CT molecular complexity index is 360. The summed E-state index contributed by atoms with van der Waals surface area (Å²) in [6.07, 6.45) is 3.23. The third kappa shape index (κ3) is 2.18. The molecule has 0 saturated carbocycles. The van der Waals surface area contributed by atoms with Gasteiger partial charge in [0.15, 0.2) is 0 Å². The van der Waals surface area contributed by atoms with Crippen molar-refractivity contribution in [3.63, 3.8) is 0 Å². The third-order valence-electron chi connectivity index (χ3n) is 2.96. The van der Waals surface area contributed by atoms with E-state index in [1.165, 1.54) is 0 Å². The van der Waals surface area contributed by atoms with Gasteiger partial charge in [0.25, 0.3) is 0 Å². The highest BCUT2D eigenvalue weighted by atomic mass is 16.5. The summed E-state index contributed by atoms with van der Waals surface area (Å²) < 4.78 is 5.09. The largest absolute Gasteiger partial charge is 0.495 e. The number of rotatable bonds is 3. The van der Waals surface area contributed by atoms with Crippen LogP contribution in [0.4, 0.5) is 0 Å². The van der Waals surface area contributed by atoms with Gasteiger partial charge in [-0.2, -0.15) is 0 Å². The predicted octanol–water partition coefficient (Wildman–Crippen LogP) is 1.28. The van der Waals surface area contributed by atoms with E-state index in [1.54, 1.807) is 25.6 Å². The van der Waals surface area contributed by atoms with Crippen LogP contribution in [-0.4, -0.2) is 23.7 Å². The van der Waals surface area contributed by atoms with Crippen LogP contribution in [0.1, 0.15) is 26.3 Å². The van der Waals surface area contributed by atoms with Crippen molar-refractivity contribution in [1.82, 2.24) is 4.98 Å². The fourth-order valence-corrected chi connectivity index (χ4v) is 1.61. The van der Waals surface area contributed by atoms with Gasteiger partial charge in [0.2, 0.25) is 0 Å². The smallest absolute Gasteiger partial charge is 0.137 e. The molecule has 0 aliphatic rings. The van der Waals surface area contributed by atoms with E-state index in [4.69, 9.17) is 10.5 Å². The molecule has 3 N–H and O–H groups in total. The van der Waals surface area contributed by atoms with E-state index in [9.17, 15) is 5.11 Å². The van der Waals surface area contributed by atoms with Crippen molar-refractivity contribution in [2.45, 2.75) is 26.4 Å². The zero-order chi connectivity index (χ0) is 12.4. The average molecular weight is 224 g/mol. The van der Waals surface area contributed by atoms with Gasteiger partial charge in [-0.15, -0.1) is 0 Å². The lowest BCUT2D eigenvalue weighted by atomic mass is 9.72. The highest BCUT2D eigenvalue weighted by Crippen LogP contribution is 2.38. The zero-order valence-electron chi connectivity index (χ0n) is 10.3. The first-order valence-corrected chi connectivity index (χ1v) is 5.27. The van der Waals surface area contributed by atoms with Crippen molar-refractivity contribution < 1.29 is 9.84 Å². The molecule has 90 valence electrons. The molecule has 0 saturated heterocycles. The van der Waals surface area contributed by atoms with Gasteiger partial charge in [-0.05, 0) is 11.5 Å². The molecule has 1 rings (SSSR count). The van der Waals surface area contributed by atoms with Gasteiger partial charge in [0, 0.05) is 18.3 Å². The molecule has 0 fully saturated rings. The zero-order valence-corrected chi connectivity index (χ0v) is 10.3. The summed E-state index contributed by atoms with van der Waals surface area (Å²) in [6.45, 7) is 5.98. The van der Waals surface area contributed by atoms with Crippen molar-refractivity contribution in [3.05, 3.63) is 24.0 Å². The molecule has 0 spiro atoms. The summed E-state index contributed by atoms with van der Waals surface area (Å²) >= 11 is 0. The molecule has 0 amide bonds. The molecule has 16 heavy (non-hydrogen) atoms. The van der Waals surface area contributed by atoms with Crippen LogP contribution in [-0.2, 0) is 5.60 Å². The number of nitrogens with zero attached hydrogens (tertiary/aromatic N) is 1. The maximum absolute atomic E-state index is 10.6. The maximum atomic E-state index is 10.6. The lowest BCUT2D eigenvalue weighted by molar-refractivity contribution is -0.0561. The number of hydrogen-bond donors (Lipinski definition) is 2. The second-order valence-corrected chi connectivity index (χ2v) is 4.93. The molecule has 1 unspecified atom stereocenters. The molecule has 4 heteroatoms. The Morgan fingerprint density at radius 2 is 2.00 bits per heavy atom. The predicted molar refractivity (Wildman–Crippen MR) is 63.2 cm³/mol. The molecule has 0 radical (unpaired) electrons. The molecular formula is C12H20N2O2. The summed E-state index contributed by atoms with van der Waals surface area (Å²) in [5.74, 6) is 0.619.